The van der Waals surface area contributed by atoms with Crippen molar-refractivity contribution in [3.63, 3.8) is 0 Å². The van der Waals surface area contributed by atoms with Gasteiger partial charge in [0, 0.05) is 6.61 Å². The van der Waals surface area contributed by atoms with Crippen molar-refractivity contribution >= 4 is 0 Å². The largest absolute Gasteiger partial charge is 0.396 e. The zero-order chi connectivity index (χ0) is 9.28. The van der Waals surface area contributed by atoms with Crippen LogP contribution in [-0.2, 0) is 0 Å². The second-order valence-corrected chi connectivity index (χ2v) is 5.06. The maximum absolute atomic E-state index is 9.03. The van der Waals surface area contributed by atoms with Gasteiger partial charge in [0.2, 0.25) is 0 Å². The van der Waals surface area contributed by atoms with E-state index in [4.69, 9.17) is 5.11 Å². The van der Waals surface area contributed by atoms with Gasteiger partial charge in [-0.2, -0.15) is 0 Å². The molecule has 0 amide bonds. The van der Waals surface area contributed by atoms with E-state index in [1.807, 2.05) is 0 Å². The van der Waals surface area contributed by atoms with Crippen LogP contribution in [0.1, 0.15) is 41.5 Å². The molecule has 0 rings (SSSR count). The molecule has 0 heterocycles. The second-order valence-electron chi connectivity index (χ2n) is 5.06. The van der Waals surface area contributed by atoms with Crippen molar-refractivity contribution in [1.29, 1.82) is 0 Å². The first-order chi connectivity index (χ1) is 4.73. The second kappa shape index (κ2) is 3.14. The Labute approximate surface area is 70.8 Å². The number of hydrogen-bond acceptors (Lipinski definition) is 1. The summed E-state index contributed by atoms with van der Waals surface area (Å²) in [4.78, 5) is 0. The summed E-state index contributed by atoms with van der Waals surface area (Å²) in [5, 5.41) is 9.03. The minimum Gasteiger partial charge on any atom is -0.396 e. The van der Waals surface area contributed by atoms with Gasteiger partial charge in [-0.3, -0.25) is 0 Å². The molecule has 1 N–H and O–H groups in total. The average Bonchev–Trinajstić information content (AvgIpc) is 1.83. The summed E-state index contributed by atoms with van der Waals surface area (Å²) in [6.45, 7) is 13.5. The molecule has 11 heavy (non-hydrogen) atoms. The maximum atomic E-state index is 9.03. The molecule has 0 aliphatic rings. The molecule has 0 saturated heterocycles. The van der Waals surface area contributed by atoms with Crippen molar-refractivity contribution in [1.82, 2.24) is 0 Å². The summed E-state index contributed by atoms with van der Waals surface area (Å²) in [5.74, 6) is 0.363. The predicted molar refractivity (Wildman–Crippen MR) is 49.5 cm³/mol. The third-order valence-electron chi connectivity index (χ3n) is 3.44. The maximum Gasteiger partial charge on any atom is 0.0461 e. The highest BCUT2D eigenvalue weighted by Gasteiger charge is 2.36. The van der Waals surface area contributed by atoms with Gasteiger partial charge in [-0.1, -0.05) is 41.5 Å². The molecule has 0 radical (unpaired) electrons. The summed E-state index contributed by atoms with van der Waals surface area (Å²) >= 11 is 0. The number of aliphatic hydroxyl groups is 1. The summed E-state index contributed by atoms with van der Waals surface area (Å²) in [6.07, 6.45) is 0. The van der Waals surface area contributed by atoms with Crippen LogP contribution in [0.5, 0.6) is 0 Å². The van der Waals surface area contributed by atoms with Gasteiger partial charge >= 0.3 is 0 Å². The van der Waals surface area contributed by atoms with Gasteiger partial charge in [0.05, 0.1) is 0 Å². The van der Waals surface area contributed by atoms with Gasteiger partial charge in [-0.05, 0) is 16.7 Å². The van der Waals surface area contributed by atoms with Gasteiger partial charge in [0.1, 0.15) is 0 Å². The van der Waals surface area contributed by atoms with Crippen LogP contribution in [0.3, 0.4) is 0 Å². The fraction of sp³-hybridized carbons (Fsp3) is 1.00. The number of rotatable bonds is 2. The Bertz CT molecular complexity index is 119. The first-order valence-electron chi connectivity index (χ1n) is 4.34. The molecule has 1 heteroatoms. The standard InChI is InChI=1S/C10H22O/c1-8(7-11)10(5,6)9(2,3)4/h8,11H,7H2,1-6H3. The molecule has 0 aromatic heterocycles. The van der Waals surface area contributed by atoms with E-state index in [9.17, 15) is 0 Å². The third kappa shape index (κ3) is 2.19. The van der Waals surface area contributed by atoms with Crippen molar-refractivity contribution in [2.45, 2.75) is 41.5 Å². The summed E-state index contributed by atoms with van der Waals surface area (Å²) in [6, 6.07) is 0. The monoisotopic (exact) mass is 158 g/mol. The van der Waals surface area contributed by atoms with Crippen LogP contribution >= 0.6 is 0 Å². The van der Waals surface area contributed by atoms with E-state index in [1.165, 1.54) is 0 Å². The number of hydrogen-bond donors (Lipinski definition) is 1. The van der Waals surface area contributed by atoms with Crippen molar-refractivity contribution in [3.05, 3.63) is 0 Å². The van der Waals surface area contributed by atoms with E-state index < -0.39 is 0 Å². The lowest BCUT2D eigenvalue weighted by Gasteiger charge is -2.43. The average molecular weight is 158 g/mol. The van der Waals surface area contributed by atoms with Crippen LogP contribution in [0, 0.1) is 16.7 Å². The van der Waals surface area contributed by atoms with Gasteiger partial charge < -0.3 is 5.11 Å². The normalized spacial score (nSPS) is 16.6. The molecule has 0 aliphatic carbocycles. The molecule has 0 aromatic carbocycles. The van der Waals surface area contributed by atoms with Crippen LogP contribution in [0.2, 0.25) is 0 Å². The van der Waals surface area contributed by atoms with E-state index in [0.717, 1.165) is 0 Å². The molecule has 68 valence electrons. The Morgan fingerprint density at radius 3 is 1.55 bits per heavy atom. The topological polar surface area (TPSA) is 20.2 Å². The molecular weight excluding hydrogens is 136 g/mol. The van der Waals surface area contributed by atoms with Crippen LogP contribution in [-0.4, -0.2) is 11.7 Å². The van der Waals surface area contributed by atoms with Crippen molar-refractivity contribution < 1.29 is 5.11 Å². The quantitative estimate of drug-likeness (QED) is 0.655. The molecule has 0 fully saturated rings. The van der Waals surface area contributed by atoms with Gasteiger partial charge in [-0.25, -0.2) is 0 Å². The SMILES string of the molecule is CC(CO)C(C)(C)C(C)(C)C. The van der Waals surface area contributed by atoms with E-state index in [1.54, 1.807) is 0 Å². The fourth-order valence-electron chi connectivity index (χ4n) is 0.967. The molecule has 0 aromatic rings. The Balaban J connectivity index is 4.45. The van der Waals surface area contributed by atoms with Crippen molar-refractivity contribution in [2.75, 3.05) is 6.61 Å². The molecule has 0 saturated carbocycles. The number of aliphatic hydroxyl groups excluding tert-OH is 1. The van der Waals surface area contributed by atoms with Crippen LogP contribution < -0.4 is 0 Å². The molecule has 1 unspecified atom stereocenters. The van der Waals surface area contributed by atoms with Crippen molar-refractivity contribution in [3.8, 4) is 0 Å². The van der Waals surface area contributed by atoms with Crippen molar-refractivity contribution in [2.24, 2.45) is 16.7 Å². The van der Waals surface area contributed by atoms with Gasteiger partial charge in [0.25, 0.3) is 0 Å². The fourth-order valence-corrected chi connectivity index (χ4v) is 0.967. The molecule has 0 bridgehead atoms. The van der Waals surface area contributed by atoms with E-state index in [2.05, 4.69) is 41.5 Å². The minimum absolute atomic E-state index is 0.196. The third-order valence-corrected chi connectivity index (χ3v) is 3.44. The molecular formula is C10H22O. The molecule has 0 aliphatic heterocycles. The minimum atomic E-state index is 0.196. The molecule has 0 spiro atoms. The summed E-state index contributed by atoms with van der Waals surface area (Å²) in [7, 11) is 0. The highest BCUT2D eigenvalue weighted by molar-refractivity contribution is 4.86. The Hall–Kier alpha value is -0.0400. The summed E-state index contributed by atoms with van der Waals surface area (Å²) in [5.41, 5.74) is 0.455. The van der Waals surface area contributed by atoms with E-state index in [0.29, 0.717) is 5.92 Å². The van der Waals surface area contributed by atoms with E-state index >= 15 is 0 Å². The Kier molecular flexibility index (Phi) is 3.13. The first-order valence-corrected chi connectivity index (χ1v) is 4.34. The summed E-state index contributed by atoms with van der Waals surface area (Å²) < 4.78 is 0. The van der Waals surface area contributed by atoms with Crippen LogP contribution in [0.4, 0.5) is 0 Å². The van der Waals surface area contributed by atoms with Gasteiger partial charge in [-0.15, -0.1) is 0 Å². The zero-order valence-corrected chi connectivity index (χ0v) is 8.73. The first kappa shape index (κ1) is 11.0. The predicted octanol–water partition coefficient (Wildman–Crippen LogP) is 2.69. The highest BCUT2D eigenvalue weighted by atomic mass is 16.3. The lowest BCUT2D eigenvalue weighted by molar-refractivity contribution is 0.0295. The Morgan fingerprint density at radius 1 is 1.09 bits per heavy atom. The highest BCUT2D eigenvalue weighted by Crippen LogP contribution is 2.43. The van der Waals surface area contributed by atoms with Crippen LogP contribution in [0.15, 0.2) is 0 Å². The smallest absolute Gasteiger partial charge is 0.0461 e. The lowest BCUT2D eigenvalue weighted by Crippen LogP contribution is -2.37. The van der Waals surface area contributed by atoms with Crippen LogP contribution in [0.25, 0.3) is 0 Å². The zero-order valence-electron chi connectivity index (χ0n) is 8.73. The molecule has 1 atom stereocenters. The molecule has 1 nitrogen and oxygen atoms in total. The van der Waals surface area contributed by atoms with E-state index in [-0.39, 0.29) is 17.4 Å². The Morgan fingerprint density at radius 2 is 1.45 bits per heavy atom. The van der Waals surface area contributed by atoms with Gasteiger partial charge in [0.15, 0.2) is 0 Å². The lowest BCUT2D eigenvalue weighted by atomic mass is 9.63.